The van der Waals surface area contributed by atoms with Gasteiger partial charge in [0, 0.05) is 24.7 Å². The van der Waals surface area contributed by atoms with Crippen LogP contribution in [0.3, 0.4) is 0 Å². The van der Waals surface area contributed by atoms with Gasteiger partial charge in [0.1, 0.15) is 0 Å². The molecule has 1 amide bonds. The molecular formula is C30H34F6N6O5S. The number of aromatic nitrogens is 3. The minimum Gasteiger partial charge on any atom is -0.481 e. The number of hydrogen-bond donors (Lipinski definition) is 2. The molecule has 0 saturated heterocycles. The summed E-state index contributed by atoms with van der Waals surface area (Å²) in [6, 6.07) is 3.53. The molecule has 2 aromatic heterocycles. The van der Waals surface area contributed by atoms with Gasteiger partial charge in [-0.1, -0.05) is 6.92 Å². The van der Waals surface area contributed by atoms with E-state index in [1.165, 1.54) is 18.2 Å². The van der Waals surface area contributed by atoms with Crippen LogP contribution < -0.4 is 20.1 Å². The Morgan fingerprint density at radius 2 is 1.73 bits per heavy atom. The molecule has 1 aliphatic heterocycles. The molecule has 3 heterocycles. The number of aryl methyl sites for hydroxylation is 1. The van der Waals surface area contributed by atoms with Crippen LogP contribution in [0, 0.1) is 0 Å². The number of alkyl halides is 6. The zero-order valence-electron chi connectivity index (χ0n) is 26.2. The molecule has 18 heteroatoms. The maximum absolute atomic E-state index is 13.6. The van der Waals surface area contributed by atoms with Gasteiger partial charge in [-0.3, -0.25) is 4.90 Å². The molecule has 0 spiro atoms. The molecular weight excluding hydrogens is 670 g/mol. The number of halogens is 6. The number of hydrogen-bond acceptors (Lipinski definition) is 9. The Labute approximate surface area is 272 Å². The number of rotatable bonds is 11. The van der Waals surface area contributed by atoms with Crippen molar-refractivity contribution in [3.63, 3.8) is 0 Å². The van der Waals surface area contributed by atoms with E-state index in [0.717, 1.165) is 0 Å². The summed E-state index contributed by atoms with van der Waals surface area (Å²) in [6.07, 6.45) is -8.96. The third-order valence-electron chi connectivity index (χ3n) is 7.64. The average molecular weight is 705 g/mol. The second kappa shape index (κ2) is 14.5. The fourth-order valence-electron chi connectivity index (χ4n) is 5.43. The van der Waals surface area contributed by atoms with Crippen molar-refractivity contribution in [2.24, 2.45) is 5.14 Å². The number of primary sulfonamides is 1. The summed E-state index contributed by atoms with van der Waals surface area (Å²) >= 11 is 0. The molecule has 48 heavy (non-hydrogen) atoms. The number of nitrogens with two attached hydrogens (primary N) is 1. The van der Waals surface area contributed by atoms with Crippen molar-refractivity contribution in [3.8, 4) is 5.88 Å². The van der Waals surface area contributed by atoms with Crippen LogP contribution in [0.25, 0.3) is 0 Å². The first-order valence-electron chi connectivity index (χ1n) is 14.8. The molecule has 0 radical (unpaired) electrons. The van der Waals surface area contributed by atoms with E-state index in [0.29, 0.717) is 41.9 Å². The Balaban J connectivity index is 1.77. The standard InChI is InChI=1S/C30H34F6N6O5S/c1-4-21-15-23(26-24(8-9-25(41-26)46-3)42(21)28(43)47-5-2)40-27-38-16-18(7-6-10-48(37,44)45)22(39-27)13-17-11-19(29(31,32)33)14-20(12-17)30(34,35)36/h8-9,11-12,14,16,21,23H,4-7,10,13,15H2,1-3H3,(H2,37,44,45)(H,38,39,40)/t21-,23+/m1/s1. The molecule has 3 aromatic rings. The van der Waals surface area contributed by atoms with Crippen molar-refractivity contribution in [3.05, 3.63) is 70.2 Å². The molecule has 0 saturated carbocycles. The molecule has 3 N–H and O–H groups in total. The number of amides is 1. The summed E-state index contributed by atoms with van der Waals surface area (Å²) < 4.78 is 115. The summed E-state index contributed by atoms with van der Waals surface area (Å²) in [5.41, 5.74) is -2.07. The summed E-state index contributed by atoms with van der Waals surface area (Å²) in [5.74, 6) is -0.199. The molecule has 0 aliphatic carbocycles. The molecule has 0 fully saturated rings. The van der Waals surface area contributed by atoms with Crippen LogP contribution in [0.1, 0.15) is 72.8 Å². The lowest BCUT2D eigenvalue weighted by atomic mass is 9.93. The number of benzene rings is 1. The van der Waals surface area contributed by atoms with Crippen molar-refractivity contribution in [2.75, 3.05) is 29.7 Å². The summed E-state index contributed by atoms with van der Waals surface area (Å²) in [7, 11) is -2.43. The van der Waals surface area contributed by atoms with E-state index in [1.807, 2.05) is 6.92 Å². The maximum atomic E-state index is 13.6. The van der Waals surface area contributed by atoms with Gasteiger partial charge in [-0.05, 0) is 68.0 Å². The highest BCUT2D eigenvalue weighted by Gasteiger charge is 2.39. The number of nitrogens with zero attached hydrogens (tertiary/aromatic N) is 4. The number of carbonyl (C=O) groups is 1. The topological polar surface area (TPSA) is 150 Å². The van der Waals surface area contributed by atoms with E-state index < -0.39 is 57.8 Å². The molecule has 1 aromatic carbocycles. The van der Waals surface area contributed by atoms with Crippen molar-refractivity contribution >= 4 is 27.8 Å². The zero-order chi connectivity index (χ0) is 35.4. The normalized spacial score (nSPS) is 16.8. The predicted octanol–water partition coefficient (Wildman–Crippen LogP) is 6.03. The molecule has 0 bridgehead atoms. The fraction of sp³-hybridized carbons (Fsp3) is 0.467. The SMILES string of the molecule is CCOC(=O)N1c2ccc(OC)nc2[C@@H](Nc2ncc(CCCS(N)(=O)=O)c(Cc3cc(C(F)(F)F)cc(C(F)(F)F)c3)n2)C[C@H]1CC. The van der Waals surface area contributed by atoms with Crippen LogP contribution >= 0.6 is 0 Å². The summed E-state index contributed by atoms with van der Waals surface area (Å²) in [4.78, 5) is 27.8. The quantitative estimate of drug-likeness (QED) is 0.228. The van der Waals surface area contributed by atoms with E-state index in [2.05, 4.69) is 20.3 Å². The number of sulfonamides is 1. The Morgan fingerprint density at radius 1 is 1.06 bits per heavy atom. The fourth-order valence-corrected chi connectivity index (χ4v) is 5.98. The van der Waals surface area contributed by atoms with Crippen LogP contribution in [0.15, 0.2) is 36.5 Å². The summed E-state index contributed by atoms with van der Waals surface area (Å²) in [6.45, 7) is 3.70. The highest BCUT2D eigenvalue weighted by molar-refractivity contribution is 7.89. The molecule has 262 valence electrons. The van der Waals surface area contributed by atoms with Gasteiger partial charge in [0.15, 0.2) is 0 Å². The highest BCUT2D eigenvalue weighted by Crippen LogP contribution is 2.40. The summed E-state index contributed by atoms with van der Waals surface area (Å²) in [5, 5.41) is 8.26. The van der Waals surface area contributed by atoms with Gasteiger partial charge >= 0.3 is 18.4 Å². The van der Waals surface area contributed by atoms with Crippen molar-refractivity contribution in [1.82, 2.24) is 15.0 Å². The Kier molecular flexibility index (Phi) is 11.1. The van der Waals surface area contributed by atoms with Crippen LogP contribution in [0.5, 0.6) is 5.88 Å². The van der Waals surface area contributed by atoms with Crippen LogP contribution in [-0.4, -0.2) is 55.0 Å². The van der Waals surface area contributed by atoms with E-state index in [-0.39, 0.29) is 54.6 Å². The Morgan fingerprint density at radius 3 is 2.29 bits per heavy atom. The first-order chi connectivity index (χ1) is 22.4. The smallest absolute Gasteiger partial charge is 0.416 e. The average Bonchev–Trinajstić information content (AvgIpc) is 3.00. The second-order valence-corrected chi connectivity index (χ2v) is 12.8. The minimum atomic E-state index is -5.05. The van der Waals surface area contributed by atoms with Gasteiger partial charge in [0.2, 0.25) is 21.9 Å². The molecule has 1 aliphatic rings. The first kappa shape index (κ1) is 36.6. The number of methoxy groups -OCH3 is 1. The molecule has 11 nitrogen and oxygen atoms in total. The highest BCUT2D eigenvalue weighted by atomic mass is 32.2. The van der Waals surface area contributed by atoms with Crippen LogP contribution in [0.2, 0.25) is 0 Å². The number of anilines is 2. The molecule has 2 atom stereocenters. The number of fused-ring (bicyclic) bond motifs is 1. The van der Waals surface area contributed by atoms with Gasteiger partial charge in [-0.2, -0.15) is 26.3 Å². The number of carbonyl (C=O) groups excluding carboxylic acids is 1. The van der Waals surface area contributed by atoms with Gasteiger partial charge < -0.3 is 14.8 Å². The Hall–Kier alpha value is -4.19. The lowest BCUT2D eigenvalue weighted by Crippen LogP contribution is -2.46. The van der Waals surface area contributed by atoms with Gasteiger partial charge in [0.25, 0.3) is 0 Å². The number of nitrogens with one attached hydrogen (secondary N) is 1. The number of ether oxygens (including phenoxy) is 2. The largest absolute Gasteiger partial charge is 0.481 e. The van der Waals surface area contributed by atoms with E-state index in [9.17, 15) is 39.6 Å². The van der Waals surface area contributed by atoms with Crippen molar-refractivity contribution in [2.45, 2.75) is 70.4 Å². The minimum absolute atomic E-state index is 0.0000499. The molecule has 4 rings (SSSR count). The second-order valence-electron chi connectivity index (χ2n) is 11.0. The lowest BCUT2D eigenvalue weighted by molar-refractivity contribution is -0.143. The van der Waals surface area contributed by atoms with Crippen molar-refractivity contribution in [1.29, 1.82) is 0 Å². The zero-order valence-corrected chi connectivity index (χ0v) is 27.0. The van der Waals surface area contributed by atoms with E-state index >= 15 is 0 Å². The lowest BCUT2D eigenvalue weighted by Gasteiger charge is -2.39. The third-order valence-corrected chi connectivity index (χ3v) is 8.49. The van der Waals surface area contributed by atoms with E-state index in [4.69, 9.17) is 14.6 Å². The van der Waals surface area contributed by atoms with Crippen LogP contribution in [0.4, 0.5) is 42.8 Å². The van der Waals surface area contributed by atoms with Crippen molar-refractivity contribution < 1.29 is 49.0 Å². The van der Waals surface area contributed by atoms with E-state index in [1.54, 1.807) is 19.1 Å². The third kappa shape index (κ3) is 9.03. The predicted molar refractivity (Wildman–Crippen MR) is 163 cm³/mol. The van der Waals surface area contributed by atoms with Gasteiger partial charge in [0.05, 0.1) is 53.7 Å². The maximum Gasteiger partial charge on any atom is 0.416 e. The van der Waals surface area contributed by atoms with Gasteiger partial charge in [-0.25, -0.2) is 33.3 Å². The monoisotopic (exact) mass is 704 g/mol. The Bertz CT molecular complexity index is 1710. The van der Waals surface area contributed by atoms with Crippen LogP contribution in [-0.2, 0) is 40.0 Å². The van der Waals surface area contributed by atoms with Gasteiger partial charge in [-0.15, -0.1) is 0 Å². The first-order valence-corrected chi connectivity index (χ1v) is 16.6. The molecule has 0 unspecified atom stereocenters. The number of pyridine rings is 1.